The Bertz CT molecular complexity index is 890. The quantitative estimate of drug-likeness (QED) is 0.572. The standard InChI is InChI=1S/C16H13NO3S.Mg/c18-21(19,20)15-11-5-7-12-6-4-10-14(16(12)15)17-13-8-2-1-3-9-13;/h1-11,17H,(H,18,19,20);/q;+2. The van der Waals surface area contributed by atoms with Gasteiger partial charge in [0, 0.05) is 16.8 Å². The second kappa shape index (κ2) is 6.66. The first-order valence-electron chi connectivity index (χ1n) is 6.37. The van der Waals surface area contributed by atoms with Gasteiger partial charge < -0.3 is 5.32 Å². The van der Waals surface area contributed by atoms with Crippen molar-refractivity contribution in [1.82, 2.24) is 0 Å². The van der Waals surface area contributed by atoms with Crippen molar-refractivity contribution in [2.45, 2.75) is 4.90 Å². The molecule has 0 amide bonds. The Hall–Kier alpha value is -1.60. The van der Waals surface area contributed by atoms with Crippen molar-refractivity contribution in [2.24, 2.45) is 0 Å². The topological polar surface area (TPSA) is 66.4 Å². The van der Waals surface area contributed by atoms with Crippen molar-refractivity contribution in [2.75, 3.05) is 5.32 Å². The fourth-order valence-electron chi connectivity index (χ4n) is 2.30. The minimum atomic E-state index is -4.28. The third-order valence-electron chi connectivity index (χ3n) is 3.20. The molecule has 3 aromatic rings. The summed E-state index contributed by atoms with van der Waals surface area (Å²) in [4.78, 5) is -0.0981. The van der Waals surface area contributed by atoms with E-state index in [1.165, 1.54) is 6.07 Å². The molecule has 0 heterocycles. The molecule has 2 N–H and O–H groups in total. The molecular weight excluding hydrogens is 311 g/mol. The summed E-state index contributed by atoms with van der Waals surface area (Å²) in [5.41, 5.74) is 1.47. The number of benzene rings is 3. The Morgan fingerprint density at radius 3 is 2.09 bits per heavy atom. The summed E-state index contributed by atoms with van der Waals surface area (Å²) < 4.78 is 32.6. The predicted octanol–water partition coefficient (Wildman–Crippen LogP) is 3.45. The zero-order valence-corrected chi connectivity index (χ0v) is 14.0. The molecule has 0 bridgehead atoms. The molecule has 0 saturated carbocycles. The first kappa shape index (κ1) is 16.8. The zero-order valence-electron chi connectivity index (χ0n) is 11.7. The summed E-state index contributed by atoms with van der Waals surface area (Å²) in [5, 5.41) is 4.40. The van der Waals surface area contributed by atoms with E-state index in [9.17, 15) is 13.0 Å². The molecule has 0 aromatic heterocycles. The van der Waals surface area contributed by atoms with Gasteiger partial charge >= 0.3 is 23.1 Å². The Labute approximate surface area is 145 Å². The van der Waals surface area contributed by atoms with Crippen LogP contribution in [0.3, 0.4) is 0 Å². The number of nitrogens with one attached hydrogen (secondary N) is 1. The van der Waals surface area contributed by atoms with Crippen molar-refractivity contribution in [3.8, 4) is 0 Å². The van der Waals surface area contributed by atoms with Gasteiger partial charge in [-0.05, 0) is 29.7 Å². The summed E-state index contributed by atoms with van der Waals surface area (Å²) in [7, 11) is -4.28. The van der Waals surface area contributed by atoms with E-state index < -0.39 is 10.1 Å². The molecule has 22 heavy (non-hydrogen) atoms. The third kappa shape index (κ3) is 3.41. The van der Waals surface area contributed by atoms with Crippen LogP contribution < -0.4 is 5.32 Å². The molecule has 3 aromatic carbocycles. The molecule has 0 unspecified atom stereocenters. The molecule has 0 spiro atoms. The Morgan fingerprint density at radius 1 is 0.818 bits per heavy atom. The molecule has 0 atom stereocenters. The van der Waals surface area contributed by atoms with Gasteiger partial charge in [-0.15, -0.1) is 0 Å². The van der Waals surface area contributed by atoms with Gasteiger partial charge in [-0.25, -0.2) is 0 Å². The monoisotopic (exact) mass is 323 g/mol. The summed E-state index contributed by atoms with van der Waals surface area (Å²) in [6.07, 6.45) is 0. The van der Waals surface area contributed by atoms with Crippen molar-refractivity contribution in [1.29, 1.82) is 0 Å². The Kier molecular flexibility index (Phi) is 5.07. The van der Waals surface area contributed by atoms with Gasteiger partial charge in [0.2, 0.25) is 0 Å². The average molecular weight is 324 g/mol. The van der Waals surface area contributed by atoms with Crippen LogP contribution in [0.2, 0.25) is 0 Å². The maximum Gasteiger partial charge on any atom is 2.00 e. The minimum Gasteiger partial charge on any atom is -0.355 e. The first-order valence-corrected chi connectivity index (χ1v) is 7.81. The molecular formula is C16H13MgNO3S+2. The van der Waals surface area contributed by atoms with E-state index in [-0.39, 0.29) is 27.9 Å². The van der Waals surface area contributed by atoms with E-state index in [0.29, 0.717) is 11.1 Å². The van der Waals surface area contributed by atoms with Gasteiger partial charge in [-0.1, -0.05) is 42.5 Å². The van der Waals surface area contributed by atoms with E-state index in [2.05, 4.69) is 5.32 Å². The number of fused-ring (bicyclic) bond motifs is 1. The van der Waals surface area contributed by atoms with Crippen molar-refractivity contribution in [3.63, 3.8) is 0 Å². The van der Waals surface area contributed by atoms with Crippen molar-refractivity contribution >= 4 is 55.3 Å². The molecule has 106 valence electrons. The molecule has 0 aliphatic rings. The predicted molar refractivity (Wildman–Crippen MR) is 89.2 cm³/mol. The third-order valence-corrected chi connectivity index (χ3v) is 4.09. The number of hydrogen-bond donors (Lipinski definition) is 2. The van der Waals surface area contributed by atoms with Crippen LogP contribution in [0.1, 0.15) is 0 Å². The molecule has 0 saturated heterocycles. The van der Waals surface area contributed by atoms with E-state index >= 15 is 0 Å². The zero-order chi connectivity index (χ0) is 14.9. The van der Waals surface area contributed by atoms with E-state index in [1.54, 1.807) is 24.3 Å². The van der Waals surface area contributed by atoms with Crippen LogP contribution in [0.25, 0.3) is 10.8 Å². The van der Waals surface area contributed by atoms with Gasteiger partial charge in [0.05, 0.1) is 0 Å². The van der Waals surface area contributed by atoms with Crippen LogP contribution in [-0.4, -0.2) is 36.0 Å². The molecule has 0 fully saturated rings. The maximum atomic E-state index is 11.6. The first-order chi connectivity index (χ1) is 10.1. The molecule has 6 heteroatoms. The molecule has 0 aliphatic carbocycles. The van der Waals surface area contributed by atoms with Crippen LogP contribution in [-0.2, 0) is 10.1 Å². The van der Waals surface area contributed by atoms with Crippen LogP contribution in [0.5, 0.6) is 0 Å². The number of anilines is 2. The van der Waals surface area contributed by atoms with Gasteiger partial charge in [0.25, 0.3) is 10.1 Å². The number of rotatable bonds is 3. The second-order valence-electron chi connectivity index (χ2n) is 4.63. The van der Waals surface area contributed by atoms with Gasteiger partial charge in [0.1, 0.15) is 4.90 Å². The summed E-state index contributed by atoms with van der Waals surface area (Å²) in [6.45, 7) is 0. The summed E-state index contributed by atoms with van der Waals surface area (Å²) in [5.74, 6) is 0. The van der Waals surface area contributed by atoms with Crippen LogP contribution in [0, 0.1) is 0 Å². The second-order valence-corrected chi connectivity index (χ2v) is 6.02. The van der Waals surface area contributed by atoms with Crippen molar-refractivity contribution in [3.05, 3.63) is 66.7 Å². The van der Waals surface area contributed by atoms with E-state index in [1.807, 2.05) is 36.4 Å². The fraction of sp³-hybridized carbons (Fsp3) is 0. The maximum absolute atomic E-state index is 11.6. The van der Waals surface area contributed by atoms with Gasteiger partial charge in [-0.3, -0.25) is 4.55 Å². The number of hydrogen-bond acceptors (Lipinski definition) is 3. The minimum absolute atomic E-state index is 0. The van der Waals surface area contributed by atoms with E-state index in [4.69, 9.17) is 0 Å². The Morgan fingerprint density at radius 2 is 1.45 bits per heavy atom. The molecule has 0 radical (unpaired) electrons. The SMILES string of the molecule is O=S(=O)(O)c1cccc2cccc(Nc3ccccc3)c12.[Mg+2]. The smallest absolute Gasteiger partial charge is 0.355 e. The van der Waals surface area contributed by atoms with Gasteiger partial charge in [-0.2, -0.15) is 8.42 Å². The van der Waals surface area contributed by atoms with Gasteiger partial charge in [0.15, 0.2) is 0 Å². The molecule has 4 nitrogen and oxygen atoms in total. The van der Waals surface area contributed by atoms with E-state index in [0.717, 1.165) is 11.1 Å². The average Bonchev–Trinajstić information content (AvgIpc) is 2.47. The summed E-state index contributed by atoms with van der Waals surface area (Å²) >= 11 is 0. The van der Waals surface area contributed by atoms with Crippen molar-refractivity contribution < 1.29 is 13.0 Å². The van der Waals surface area contributed by atoms with Crippen LogP contribution in [0.4, 0.5) is 11.4 Å². The normalized spacial score (nSPS) is 11.0. The number of para-hydroxylation sites is 1. The summed E-state index contributed by atoms with van der Waals surface area (Å²) in [6, 6.07) is 19.7. The Balaban J connectivity index is 0.00000176. The molecule has 0 aliphatic heterocycles. The van der Waals surface area contributed by atoms with Crippen LogP contribution in [0.15, 0.2) is 71.6 Å². The fourth-order valence-corrected chi connectivity index (χ4v) is 3.04. The molecule has 3 rings (SSSR count). The largest absolute Gasteiger partial charge is 2.00 e. The van der Waals surface area contributed by atoms with Crippen LogP contribution >= 0.6 is 0 Å².